The summed E-state index contributed by atoms with van der Waals surface area (Å²) < 4.78 is 5.27. The van der Waals surface area contributed by atoms with Crippen LogP contribution in [0.15, 0.2) is 11.5 Å². The van der Waals surface area contributed by atoms with Crippen LogP contribution in [0, 0.1) is 0 Å². The molecule has 0 spiro atoms. The Morgan fingerprint density at radius 3 is 3.00 bits per heavy atom. The number of hydrogen-bond acceptors (Lipinski definition) is 5. The van der Waals surface area contributed by atoms with Crippen molar-refractivity contribution in [1.82, 2.24) is 4.98 Å². The summed E-state index contributed by atoms with van der Waals surface area (Å²) in [7, 11) is 0. The number of ether oxygens (including phenoxy) is 1. The van der Waals surface area contributed by atoms with Gasteiger partial charge < -0.3 is 15.4 Å². The van der Waals surface area contributed by atoms with E-state index in [0.717, 1.165) is 37.1 Å². The van der Waals surface area contributed by atoms with Gasteiger partial charge in [-0.2, -0.15) is 0 Å². The monoisotopic (exact) mass is 239 g/mol. The van der Waals surface area contributed by atoms with Crippen LogP contribution >= 0.6 is 11.3 Å². The molecule has 0 bridgehead atoms. The largest absolute Gasteiger partial charge is 0.378 e. The van der Waals surface area contributed by atoms with Gasteiger partial charge in [-0.15, -0.1) is 11.3 Å². The summed E-state index contributed by atoms with van der Waals surface area (Å²) >= 11 is 1.56. The number of nitrogens with zero attached hydrogens (tertiary/aromatic N) is 2. The molecule has 0 radical (unpaired) electrons. The third-order valence-electron chi connectivity index (χ3n) is 2.21. The lowest BCUT2D eigenvalue weighted by Gasteiger charge is -2.25. The van der Waals surface area contributed by atoms with Crippen molar-refractivity contribution in [2.24, 2.45) is 5.73 Å². The maximum absolute atomic E-state index is 10.6. The molecule has 86 valence electrons. The SMILES string of the molecule is NC(=O)C=Cc1csc(N2CCOCC2)n1. The molecule has 1 saturated heterocycles. The van der Waals surface area contributed by atoms with Gasteiger partial charge in [-0.05, 0) is 6.08 Å². The van der Waals surface area contributed by atoms with Crippen molar-refractivity contribution in [1.29, 1.82) is 0 Å². The molecule has 0 aromatic carbocycles. The molecular weight excluding hydrogens is 226 g/mol. The Labute approximate surface area is 97.5 Å². The molecule has 1 aromatic rings. The highest BCUT2D eigenvalue weighted by Crippen LogP contribution is 2.21. The van der Waals surface area contributed by atoms with Gasteiger partial charge in [-0.25, -0.2) is 4.98 Å². The Morgan fingerprint density at radius 1 is 1.56 bits per heavy atom. The van der Waals surface area contributed by atoms with Crippen LogP contribution in [-0.2, 0) is 9.53 Å². The number of hydrogen-bond donors (Lipinski definition) is 1. The molecule has 6 heteroatoms. The quantitative estimate of drug-likeness (QED) is 0.779. The summed E-state index contributed by atoms with van der Waals surface area (Å²) in [5.74, 6) is -0.457. The molecule has 2 heterocycles. The zero-order valence-corrected chi connectivity index (χ0v) is 9.57. The molecule has 1 aromatic heterocycles. The Hall–Kier alpha value is -1.40. The van der Waals surface area contributed by atoms with E-state index >= 15 is 0 Å². The second kappa shape index (κ2) is 5.09. The van der Waals surface area contributed by atoms with E-state index in [1.165, 1.54) is 6.08 Å². The van der Waals surface area contributed by atoms with Crippen molar-refractivity contribution in [3.63, 3.8) is 0 Å². The van der Waals surface area contributed by atoms with Crippen LogP contribution in [0.4, 0.5) is 5.13 Å². The number of nitrogens with two attached hydrogens (primary N) is 1. The molecule has 0 aliphatic carbocycles. The van der Waals surface area contributed by atoms with Crippen molar-refractivity contribution >= 4 is 28.5 Å². The van der Waals surface area contributed by atoms with E-state index in [0.29, 0.717) is 0 Å². The first-order valence-electron chi connectivity index (χ1n) is 5.01. The minimum Gasteiger partial charge on any atom is -0.378 e. The average Bonchev–Trinajstić information content (AvgIpc) is 2.76. The molecule has 2 N–H and O–H groups in total. The fourth-order valence-electron chi connectivity index (χ4n) is 1.42. The molecule has 0 saturated carbocycles. The summed E-state index contributed by atoms with van der Waals surface area (Å²) in [5.41, 5.74) is 5.78. The summed E-state index contributed by atoms with van der Waals surface area (Å²) in [4.78, 5) is 17.1. The second-order valence-corrected chi connectivity index (χ2v) is 4.23. The second-order valence-electron chi connectivity index (χ2n) is 3.39. The minimum absolute atomic E-state index is 0.457. The molecule has 1 fully saturated rings. The Bertz CT molecular complexity index is 397. The molecule has 1 aliphatic heterocycles. The smallest absolute Gasteiger partial charge is 0.241 e. The minimum atomic E-state index is -0.457. The van der Waals surface area contributed by atoms with Crippen molar-refractivity contribution in [2.75, 3.05) is 31.2 Å². The highest BCUT2D eigenvalue weighted by atomic mass is 32.1. The number of primary amides is 1. The normalized spacial score (nSPS) is 16.9. The van der Waals surface area contributed by atoms with Gasteiger partial charge in [0, 0.05) is 24.5 Å². The Balaban J connectivity index is 2.03. The predicted molar refractivity (Wildman–Crippen MR) is 63.4 cm³/mol. The number of morpholine rings is 1. The molecule has 1 amide bonds. The number of rotatable bonds is 3. The molecule has 16 heavy (non-hydrogen) atoms. The molecule has 1 aliphatic rings. The Kier molecular flexibility index (Phi) is 3.53. The van der Waals surface area contributed by atoms with Gasteiger partial charge >= 0.3 is 0 Å². The standard InChI is InChI=1S/C10H13N3O2S/c11-9(14)2-1-8-7-16-10(12-8)13-3-5-15-6-4-13/h1-2,7H,3-6H2,(H2,11,14). The van der Waals surface area contributed by atoms with Crippen LogP contribution in [0.3, 0.4) is 0 Å². The van der Waals surface area contributed by atoms with Crippen LogP contribution in [0.1, 0.15) is 5.69 Å². The van der Waals surface area contributed by atoms with Gasteiger partial charge in [0.1, 0.15) is 0 Å². The zero-order chi connectivity index (χ0) is 11.4. The van der Waals surface area contributed by atoms with Gasteiger partial charge in [0.2, 0.25) is 5.91 Å². The van der Waals surface area contributed by atoms with E-state index in [1.54, 1.807) is 17.4 Å². The average molecular weight is 239 g/mol. The maximum atomic E-state index is 10.6. The number of thiazole rings is 1. The summed E-state index contributed by atoms with van der Waals surface area (Å²) in [6.07, 6.45) is 2.95. The van der Waals surface area contributed by atoms with Crippen LogP contribution < -0.4 is 10.6 Å². The Morgan fingerprint density at radius 2 is 2.31 bits per heavy atom. The summed E-state index contributed by atoms with van der Waals surface area (Å²) in [5, 5.41) is 2.87. The number of aromatic nitrogens is 1. The number of carbonyl (C=O) groups is 1. The van der Waals surface area contributed by atoms with Gasteiger partial charge in [-0.3, -0.25) is 4.79 Å². The van der Waals surface area contributed by atoms with Gasteiger partial charge in [0.25, 0.3) is 0 Å². The fraction of sp³-hybridized carbons (Fsp3) is 0.400. The van der Waals surface area contributed by atoms with Crippen LogP contribution in [-0.4, -0.2) is 37.2 Å². The summed E-state index contributed by atoms with van der Waals surface area (Å²) in [6.45, 7) is 3.22. The first-order valence-corrected chi connectivity index (χ1v) is 5.89. The molecule has 0 atom stereocenters. The van der Waals surface area contributed by atoms with Crippen molar-refractivity contribution in [3.05, 3.63) is 17.2 Å². The number of amides is 1. The summed E-state index contributed by atoms with van der Waals surface area (Å²) in [6, 6.07) is 0. The van der Waals surface area contributed by atoms with E-state index in [1.807, 2.05) is 5.38 Å². The zero-order valence-electron chi connectivity index (χ0n) is 8.76. The third kappa shape index (κ3) is 2.80. The van der Waals surface area contributed by atoms with E-state index < -0.39 is 5.91 Å². The molecule has 5 nitrogen and oxygen atoms in total. The van der Waals surface area contributed by atoms with E-state index in [9.17, 15) is 4.79 Å². The third-order valence-corrected chi connectivity index (χ3v) is 3.13. The van der Waals surface area contributed by atoms with Crippen molar-refractivity contribution in [3.8, 4) is 0 Å². The van der Waals surface area contributed by atoms with Gasteiger partial charge in [0.15, 0.2) is 5.13 Å². The van der Waals surface area contributed by atoms with Crippen LogP contribution in [0.25, 0.3) is 6.08 Å². The van der Waals surface area contributed by atoms with E-state index in [-0.39, 0.29) is 0 Å². The van der Waals surface area contributed by atoms with Gasteiger partial charge in [-0.1, -0.05) is 0 Å². The lowest BCUT2D eigenvalue weighted by molar-refractivity contribution is -0.113. The van der Waals surface area contributed by atoms with Crippen LogP contribution in [0.2, 0.25) is 0 Å². The fourth-order valence-corrected chi connectivity index (χ4v) is 2.27. The topological polar surface area (TPSA) is 68.5 Å². The molecule has 2 rings (SSSR count). The first-order chi connectivity index (χ1) is 7.75. The number of anilines is 1. The molecular formula is C10H13N3O2S. The van der Waals surface area contributed by atoms with E-state index in [4.69, 9.17) is 10.5 Å². The van der Waals surface area contributed by atoms with Crippen molar-refractivity contribution < 1.29 is 9.53 Å². The lowest BCUT2D eigenvalue weighted by Crippen LogP contribution is -2.36. The molecule has 0 unspecified atom stereocenters. The van der Waals surface area contributed by atoms with E-state index in [2.05, 4.69) is 9.88 Å². The predicted octanol–water partition coefficient (Wildman–Crippen LogP) is 0.478. The van der Waals surface area contributed by atoms with Gasteiger partial charge in [0.05, 0.1) is 18.9 Å². The van der Waals surface area contributed by atoms with Crippen LogP contribution in [0.5, 0.6) is 0 Å². The lowest BCUT2D eigenvalue weighted by atomic mass is 10.4. The van der Waals surface area contributed by atoms with Crippen molar-refractivity contribution in [2.45, 2.75) is 0 Å². The first kappa shape index (κ1) is 11.1. The number of carbonyl (C=O) groups excluding carboxylic acids is 1. The highest BCUT2D eigenvalue weighted by molar-refractivity contribution is 7.13. The maximum Gasteiger partial charge on any atom is 0.241 e. The highest BCUT2D eigenvalue weighted by Gasteiger charge is 2.13.